The Morgan fingerprint density at radius 2 is 2.04 bits per heavy atom. The summed E-state index contributed by atoms with van der Waals surface area (Å²) in [5.74, 6) is -0.00172. The molecule has 1 atom stereocenters. The van der Waals surface area contributed by atoms with Crippen molar-refractivity contribution in [1.82, 2.24) is 14.5 Å². The van der Waals surface area contributed by atoms with Crippen molar-refractivity contribution < 1.29 is 9.90 Å². The lowest BCUT2D eigenvalue weighted by atomic mass is 9.93. The number of carbonyl (C=O) groups is 1. The molecule has 138 valence electrons. The molecule has 1 saturated carbocycles. The Balaban J connectivity index is 1.65. The Hall–Kier alpha value is -2.34. The van der Waals surface area contributed by atoms with Crippen LogP contribution >= 0.6 is 0 Å². The molecule has 1 fully saturated rings. The van der Waals surface area contributed by atoms with E-state index in [0.29, 0.717) is 17.6 Å². The third kappa shape index (κ3) is 2.88. The molecule has 4 rings (SSSR count). The van der Waals surface area contributed by atoms with Gasteiger partial charge in [-0.05, 0) is 50.3 Å². The Morgan fingerprint density at radius 3 is 2.77 bits per heavy atom. The van der Waals surface area contributed by atoms with E-state index in [9.17, 15) is 14.7 Å². The van der Waals surface area contributed by atoms with Crippen LogP contribution in [0.2, 0.25) is 0 Å². The molecule has 6 heteroatoms. The number of aliphatic hydroxyl groups is 1. The molecule has 1 aliphatic carbocycles. The van der Waals surface area contributed by atoms with Gasteiger partial charge in [-0.3, -0.25) is 9.36 Å². The number of aliphatic hydroxyl groups excluding tert-OH is 1. The summed E-state index contributed by atoms with van der Waals surface area (Å²) in [6.07, 6.45) is 7.79. The minimum absolute atomic E-state index is 0.00172. The van der Waals surface area contributed by atoms with E-state index in [4.69, 9.17) is 0 Å². The molecule has 0 spiro atoms. The van der Waals surface area contributed by atoms with Crippen LogP contribution in [-0.2, 0) is 0 Å². The van der Waals surface area contributed by atoms with E-state index >= 15 is 0 Å². The number of aromatic nitrogens is 2. The number of imidazole rings is 1. The Labute approximate surface area is 152 Å². The Morgan fingerprint density at radius 1 is 1.27 bits per heavy atom. The summed E-state index contributed by atoms with van der Waals surface area (Å²) in [4.78, 5) is 30.1. The highest BCUT2D eigenvalue weighted by molar-refractivity contribution is 5.98. The quantitative estimate of drug-likeness (QED) is 0.831. The van der Waals surface area contributed by atoms with Crippen LogP contribution in [0.1, 0.15) is 55.4 Å². The molecule has 6 nitrogen and oxygen atoms in total. The summed E-state index contributed by atoms with van der Waals surface area (Å²) in [5.41, 5.74) is 2.00. The minimum atomic E-state index is -0.253. The van der Waals surface area contributed by atoms with E-state index in [-0.39, 0.29) is 29.8 Å². The van der Waals surface area contributed by atoms with Crippen molar-refractivity contribution in [3.8, 4) is 0 Å². The van der Waals surface area contributed by atoms with Gasteiger partial charge in [-0.2, -0.15) is 0 Å². The second kappa shape index (κ2) is 6.76. The molecule has 1 aliphatic heterocycles. The fraction of sp³-hybridized carbons (Fsp3) is 0.500. The molecule has 26 heavy (non-hydrogen) atoms. The van der Waals surface area contributed by atoms with E-state index in [1.807, 2.05) is 23.1 Å². The number of rotatable bonds is 3. The number of fused-ring (bicyclic) bond motifs is 1. The normalized spacial score (nSPS) is 25.9. The number of nitrogens with one attached hydrogen (secondary N) is 1. The molecular formula is C20H25N3O3. The van der Waals surface area contributed by atoms with Gasteiger partial charge < -0.3 is 15.0 Å². The SMILES string of the molecule is CC[C@H]1C=CCN1C(=O)c1ccc2c(c1)[nH]c(=O)n2C1CCC(O)CC1. The molecule has 0 bridgehead atoms. The number of H-pyrrole nitrogens is 1. The molecule has 2 aromatic rings. The number of aromatic amines is 1. The first-order valence-corrected chi connectivity index (χ1v) is 9.48. The first-order valence-electron chi connectivity index (χ1n) is 9.48. The largest absolute Gasteiger partial charge is 0.393 e. The van der Waals surface area contributed by atoms with Gasteiger partial charge in [0, 0.05) is 18.2 Å². The van der Waals surface area contributed by atoms with Crippen LogP contribution in [0.15, 0.2) is 35.1 Å². The molecule has 0 unspecified atom stereocenters. The summed E-state index contributed by atoms with van der Waals surface area (Å²) in [6, 6.07) is 5.73. The zero-order chi connectivity index (χ0) is 18.3. The van der Waals surface area contributed by atoms with Gasteiger partial charge in [0.1, 0.15) is 0 Å². The Bertz CT molecular complexity index is 903. The fourth-order valence-corrected chi connectivity index (χ4v) is 4.27. The standard InChI is InChI=1S/C20H25N3O3/c1-2-14-4-3-11-22(14)19(25)13-5-10-18-17(12-13)21-20(26)23(18)15-6-8-16(24)9-7-15/h3-5,10,12,14-16,24H,2,6-9,11H2,1H3,(H,21,26)/t14-,15?,16?/m0/s1. The van der Waals surface area contributed by atoms with Crippen LogP contribution in [0.4, 0.5) is 0 Å². The second-order valence-electron chi connectivity index (χ2n) is 7.36. The zero-order valence-corrected chi connectivity index (χ0v) is 15.0. The number of carbonyl (C=O) groups excluding carboxylic acids is 1. The molecule has 2 N–H and O–H groups in total. The van der Waals surface area contributed by atoms with Gasteiger partial charge in [0.15, 0.2) is 0 Å². The van der Waals surface area contributed by atoms with E-state index < -0.39 is 0 Å². The molecule has 2 heterocycles. The van der Waals surface area contributed by atoms with Crippen molar-refractivity contribution in [3.63, 3.8) is 0 Å². The van der Waals surface area contributed by atoms with Crippen molar-refractivity contribution >= 4 is 16.9 Å². The summed E-state index contributed by atoms with van der Waals surface area (Å²) < 4.78 is 1.79. The molecule has 0 saturated heterocycles. The van der Waals surface area contributed by atoms with E-state index in [1.54, 1.807) is 10.6 Å². The average Bonchev–Trinajstić information content (AvgIpc) is 3.24. The topological polar surface area (TPSA) is 78.3 Å². The van der Waals surface area contributed by atoms with E-state index in [0.717, 1.165) is 37.6 Å². The minimum Gasteiger partial charge on any atom is -0.393 e. The lowest BCUT2D eigenvalue weighted by Gasteiger charge is -2.26. The smallest absolute Gasteiger partial charge is 0.326 e. The number of amides is 1. The summed E-state index contributed by atoms with van der Waals surface area (Å²) >= 11 is 0. The third-order valence-electron chi connectivity index (χ3n) is 5.73. The van der Waals surface area contributed by atoms with Gasteiger partial charge in [-0.25, -0.2) is 4.79 Å². The zero-order valence-electron chi connectivity index (χ0n) is 15.0. The number of benzene rings is 1. The van der Waals surface area contributed by atoms with Gasteiger partial charge >= 0.3 is 5.69 Å². The molecule has 1 amide bonds. The number of nitrogens with zero attached hydrogens (tertiary/aromatic N) is 2. The van der Waals surface area contributed by atoms with Crippen molar-refractivity contribution in [2.24, 2.45) is 0 Å². The van der Waals surface area contributed by atoms with Crippen LogP contribution < -0.4 is 5.69 Å². The van der Waals surface area contributed by atoms with Gasteiger partial charge in [0.05, 0.1) is 23.2 Å². The van der Waals surface area contributed by atoms with Crippen molar-refractivity contribution in [2.45, 2.75) is 57.2 Å². The molecule has 1 aromatic carbocycles. The van der Waals surface area contributed by atoms with Crippen LogP contribution in [0, 0.1) is 0 Å². The molecule has 1 aromatic heterocycles. The van der Waals surface area contributed by atoms with Crippen LogP contribution in [0.25, 0.3) is 11.0 Å². The van der Waals surface area contributed by atoms with Crippen molar-refractivity contribution in [1.29, 1.82) is 0 Å². The van der Waals surface area contributed by atoms with Gasteiger partial charge in [-0.15, -0.1) is 0 Å². The molecule has 0 radical (unpaired) electrons. The van der Waals surface area contributed by atoms with E-state index in [1.165, 1.54) is 0 Å². The molecule has 2 aliphatic rings. The first-order chi connectivity index (χ1) is 12.6. The fourth-order valence-electron chi connectivity index (χ4n) is 4.27. The molecular weight excluding hydrogens is 330 g/mol. The van der Waals surface area contributed by atoms with Crippen molar-refractivity contribution in [3.05, 3.63) is 46.4 Å². The average molecular weight is 355 g/mol. The highest BCUT2D eigenvalue weighted by atomic mass is 16.3. The predicted molar refractivity (Wildman–Crippen MR) is 100 cm³/mol. The predicted octanol–water partition coefficient (Wildman–Crippen LogP) is 2.60. The van der Waals surface area contributed by atoms with Gasteiger partial charge in [-0.1, -0.05) is 19.1 Å². The highest BCUT2D eigenvalue weighted by Gasteiger charge is 2.26. The second-order valence-corrected chi connectivity index (χ2v) is 7.36. The first kappa shape index (κ1) is 17.1. The summed E-state index contributed by atoms with van der Waals surface area (Å²) in [6.45, 7) is 2.71. The van der Waals surface area contributed by atoms with E-state index in [2.05, 4.69) is 18.0 Å². The van der Waals surface area contributed by atoms with Crippen molar-refractivity contribution in [2.75, 3.05) is 6.54 Å². The monoisotopic (exact) mass is 355 g/mol. The van der Waals surface area contributed by atoms with Crippen LogP contribution in [0.5, 0.6) is 0 Å². The number of hydrogen-bond acceptors (Lipinski definition) is 3. The Kier molecular flexibility index (Phi) is 4.44. The maximum Gasteiger partial charge on any atom is 0.326 e. The third-order valence-corrected chi connectivity index (χ3v) is 5.73. The van der Waals surface area contributed by atoms with Gasteiger partial charge in [0.2, 0.25) is 0 Å². The summed E-state index contributed by atoms with van der Waals surface area (Å²) in [5, 5.41) is 9.71. The van der Waals surface area contributed by atoms with Crippen LogP contribution in [0.3, 0.4) is 0 Å². The van der Waals surface area contributed by atoms with Crippen LogP contribution in [-0.4, -0.2) is 44.2 Å². The summed E-state index contributed by atoms with van der Waals surface area (Å²) in [7, 11) is 0. The number of hydrogen-bond donors (Lipinski definition) is 2. The van der Waals surface area contributed by atoms with Gasteiger partial charge in [0.25, 0.3) is 5.91 Å². The highest BCUT2D eigenvalue weighted by Crippen LogP contribution is 2.30. The maximum absolute atomic E-state index is 12.8. The lowest BCUT2D eigenvalue weighted by Crippen LogP contribution is -2.35. The lowest BCUT2D eigenvalue weighted by molar-refractivity contribution is 0.0747. The maximum atomic E-state index is 12.8.